The summed E-state index contributed by atoms with van der Waals surface area (Å²) < 4.78 is 0. The Labute approximate surface area is 79.0 Å². The van der Waals surface area contributed by atoms with Crippen molar-refractivity contribution in [3.63, 3.8) is 0 Å². The number of hydrogen-bond donors (Lipinski definition) is 0. The van der Waals surface area contributed by atoms with Crippen LogP contribution in [-0.4, -0.2) is 10.8 Å². The lowest BCUT2D eigenvalue weighted by atomic mass is 9.82. The summed E-state index contributed by atoms with van der Waals surface area (Å²) in [4.78, 5) is 15.8. The molecule has 0 N–H and O–H groups in total. The van der Waals surface area contributed by atoms with E-state index in [1.807, 2.05) is 26.8 Å². The highest BCUT2D eigenvalue weighted by Crippen LogP contribution is 2.24. The number of carbonyl (C=O) groups is 1. The maximum atomic E-state index is 11.9. The monoisotopic (exact) mass is 177 g/mol. The highest BCUT2D eigenvalue weighted by atomic mass is 16.1. The van der Waals surface area contributed by atoms with Crippen molar-refractivity contribution in [2.45, 2.75) is 27.2 Å². The van der Waals surface area contributed by atoms with Gasteiger partial charge in [0.2, 0.25) is 0 Å². The molecule has 0 saturated carbocycles. The van der Waals surface area contributed by atoms with E-state index >= 15 is 0 Å². The van der Waals surface area contributed by atoms with E-state index in [9.17, 15) is 4.79 Å². The van der Waals surface area contributed by atoms with Crippen LogP contribution in [-0.2, 0) is 0 Å². The van der Waals surface area contributed by atoms with Crippen LogP contribution in [0.5, 0.6) is 0 Å². The zero-order valence-corrected chi connectivity index (χ0v) is 8.37. The summed E-state index contributed by atoms with van der Waals surface area (Å²) in [7, 11) is 0. The van der Waals surface area contributed by atoms with Crippen molar-refractivity contribution in [3.05, 3.63) is 30.1 Å². The lowest BCUT2D eigenvalue weighted by Crippen LogP contribution is -2.23. The summed E-state index contributed by atoms with van der Waals surface area (Å²) in [5.74, 6) is 0.170. The van der Waals surface area contributed by atoms with Crippen LogP contribution in [0.1, 0.15) is 37.6 Å². The van der Waals surface area contributed by atoms with Gasteiger partial charge in [-0.2, -0.15) is 0 Å². The van der Waals surface area contributed by atoms with Gasteiger partial charge in [0.1, 0.15) is 0 Å². The van der Waals surface area contributed by atoms with Gasteiger partial charge in [-0.1, -0.05) is 20.8 Å². The van der Waals surface area contributed by atoms with Gasteiger partial charge in [0.25, 0.3) is 0 Å². The van der Waals surface area contributed by atoms with Crippen molar-refractivity contribution < 1.29 is 4.79 Å². The third-order valence-electron chi connectivity index (χ3n) is 2.42. The van der Waals surface area contributed by atoms with Crippen LogP contribution in [0.25, 0.3) is 0 Å². The lowest BCUT2D eigenvalue weighted by Gasteiger charge is -2.20. The number of nitrogens with zero attached hydrogens (tertiary/aromatic N) is 1. The van der Waals surface area contributed by atoms with Crippen molar-refractivity contribution in [1.82, 2.24) is 4.98 Å². The molecule has 13 heavy (non-hydrogen) atoms. The normalized spacial score (nSPS) is 11.3. The molecule has 0 bridgehead atoms. The Hall–Kier alpha value is -1.18. The topological polar surface area (TPSA) is 30.0 Å². The van der Waals surface area contributed by atoms with E-state index in [4.69, 9.17) is 0 Å². The van der Waals surface area contributed by atoms with Gasteiger partial charge in [0.15, 0.2) is 5.78 Å². The van der Waals surface area contributed by atoms with Crippen molar-refractivity contribution in [2.24, 2.45) is 5.41 Å². The molecular formula is C11H15NO. The Morgan fingerprint density at radius 1 is 1.54 bits per heavy atom. The lowest BCUT2D eigenvalue weighted by molar-refractivity contribution is 0.0832. The molecule has 0 aliphatic carbocycles. The van der Waals surface area contributed by atoms with Crippen LogP contribution >= 0.6 is 0 Å². The van der Waals surface area contributed by atoms with Crippen LogP contribution in [0.3, 0.4) is 0 Å². The van der Waals surface area contributed by atoms with E-state index < -0.39 is 0 Å². The van der Waals surface area contributed by atoms with Gasteiger partial charge in [0, 0.05) is 23.4 Å². The van der Waals surface area contributed by atoms with Gasteiger partial charge in [0.05, 0.1) is 0 Å². The number of carbonyl (C=O) groups excluding carboxylic acids is 1. The van der Waals surface area contributed by atoms with Gasteiger partial charge < -0.3 is 0 Å². The molecule has 2 nitrogen and oxygen atoms in total. The number of ketones is 1. The fourth-order valence-corrected chi connectivity index (χ4v) is 1.05. The molecule has 1 aromatic rings. The molecule has 0 aliphatic rings. The summed E-state index contributed by atoms with van der Waals surface area (Å²) in [6.45, 7) is 5.94. The van der Waals surface area contributed by atoms with Crippen LogP contribution in [0.15, 0.2) is 24.5 Å². The van der Waals surface area contributed by atoms with E-state index in [1.165, 1.54) is 0 Å². The Morgan fingerprint density at radius 3 is 2.69 bits per heavy atom. The number of hydrogen-bond acceptors (Lipinski definition) is 2. The largest absolute Gasteiger partial charge is 0.294 e. The van der Waals surface area contributed by atoms with Crippen LogP contribution in [0.2, 0.25) is 0 Å². The number of pyridine rings is 1. The standard InChI is InChI=1S/C11H15NO/c1-4-11(2,3)10(13)9-6-5-7-12-8-9/h5-8H,4H2,1-3H3. The van der Waals surface area contributed by atoms with Gasteiger partial charge in [-0.25, -0.2) is 0 Å². The molecule has 0 radical (unpaired) electrons. The molecule has 1 aromatic heterocycles. The quantitative estimate of drug-likeness (QED) is 0.664. The first-order chi connectivity index (χ1) is 6.08. The summed E-state index contributed by atoms with van der Waals surface area (Å²) in [5, 5.41) is 0. The van der Waals surface area contributed by atoms with Crippen molar-refractivity contribution in [1.29, 1.82) is 0 Å². The molecular weight excluding hydrogens is 162 g/mol. The Morgan fingerprint density at radius 2 is 2.23 bits per heavy atom. The third-order valence-corrected chi connectivity index (χ3v) is 2.42. The first-order valence-corrected chi connectivity index (χ1v) is 4.53. The Bertz CT molecular complexity index is 290. The number of rotatable bonds is 3. The Balaban J connectivity index is 2.93. The molecule has 0 amide bonds. The SMILES string of the molecule is CCC(C)(C)C(=O)c1cccnc1. The first-order valence-electron chi connectivity index (χ1n) is 4.53. The first kappa shape index (κ1) is 9.90. The molecule has 2 heteroatoms. The van der Waals surface area contributed by atoms with E-state index in [2.05, 4.69) is 4.98 Å². The second-order valence-corrected chi connectivity index (χ2v) is 3.81. The van der Waals surface area contributed by atoms with E-state index in [1.54, 1.807) is 18.5 Å². The molecule has 0 aliphatic heterocycles. The maximum Gasteiger partial charge on any atom is 0.169 e. The Kier molecular flexibility index (Phi) is 2.81. The summed E-state index contributed by atoms with van der Waals surface area (Å²) in [6, 6.07) is 3.60. The molecule has 1 rings (SSSR count). The molecule has 1 heterocycles. The van der Waals surface area contributed by atoms with Crippen LogP contribution in [0, 0.1) is 5.41 Å². The second-order valence-electron chi connectivity index (χ2n) is 3.81. The zero-order chi connectivity index (χ0) is 9.90. The van der Waals surface area contributed by atoms with Crippen molar-refractivity contribution in [3.8, 4) is 0 Å². The molecule has 0 spiro atoms. The summed E-state index contributed by atoms with van der Waals surface area (Å²) in [5.41, 5.74) is 0.428. The predicted octanol–water partition coefficient (Wildman–Crippen LogP) is 2.70. The summed E-state index contributed by atoms with van der Waals surface area (Å²) >= 11 is 0. The maximum absolute atomic E-state index is 11.9. The van der Waals surface area contributed by atoms with Crippen molar-refractivity contribution >= 4 is 5.78 Å². The second kappa shape index (κ2) is 3.69. The third kappa shape index (κ3) is 2.14. The van der Waals surface area contributed by atoms with Gasteiger partial charge >= 0.3 is 0 Å². The number of aromatic nitrogens is 1. The minimum atomic E-state index is -0.275. The highest BCUT2D eigenvalue weighted by molar-refractivity contribution is 5.99. The smallest absolute Gasteiger partial charge is 0.169 e. The van der Waals surface area contributed by atoms with Crippen LogP contribution < -0.4 is 0 Å². The fraction of sp³-hybridized carbons (Fsp3) is 0.455. The zero-order valence-electron chi connectivity index (χ0n) is 8.37. The molecule has 70 valence electrons. The molecule has 0 unspecified atom stereocenters. The van der Waals surface area contributed by atoms with Crippen LogP contribution in [0.4, 0.5) is 0 Å². The van der Waals surface area contributed by atoms with E-state index in [-0.39, 0.29) is 11.2 Å². The average Bonchev–Trinajstić information content (AvgIpc) is 2.18. The summed E-state index contributed by atoms with van der Waals surface area (Å²) in [6.07, 6.45) is 4.15. The predicted molar refractivity (Wildman–Crippen MR) is 52.6 cm³/mol. The highest BCUT2D eigenvalue weighted by Gasteiger charge is 2.26. The molecule has 0 fully saturated rings. The minimum Gasteiger partial charge on any atom is -0.294 e. The number of Topliss-reactive ketones (excluding diaryl/α,β-unsaturated/α-hetero) is 1. The van der Waals surface area contributed by atoms with Gasteiger partial charge in [-0.05, 0) is 18.6 Å². The molecule has 0 atom stereocenters. The van der Waals surface area contributed by atoms with Crippen molar-refractivity contribution in [2.75, 3.05) is 0 Å². The fourth-order valence-electron chi connectivity index (χ4n) is 1.05. The van der Waals surface area contributed by atoms with Gasteiger partial charge in [-0.3, -0.25) is 9.78 Å². The van der Waals surface area contributed by atoms with E-state index in [0.29, 0.717) is 5.56 Å². The molecule has 0 saturated heterocycles. The van der Waals surface area contributed by atoms with E-state index in [0.717, 1.165) is 6.42 Å². The average molecular weight is 177 g/mol. The van der Waals surface area contributed by atoms with Gasteiger partial charge in [-0.15, -0.1) is 0 Å². The molecule has 0 aromatic carbocycles. The minimum absolute atomic E-state index is 0.170.